The van der Waals surface area contributed by atoms with Crippen LogP contribution in [0.1, 0.15) is 78.2 Å². The van der Waals surface area contributed by atoms with Crippen LogP contribution < -0.4 is 5.48 Å². The van der Waals surface area contributed by atoms with Crippen LogP contribution in [0.2, 0.25) is 0 Å². The van der Waals surface area contributed by atoms with Gasteiger partial charge < -0.3 is 14.5 Å². The first-order chi connectivity index (χ1) is 15.3. The molecule has 0 saturated carbocycles. The second-order valence-electron chi connectivity index (χ2n) is 9.63. The van der Waals surface area contributed by atoms with Crippen molar-refractivity contribution in [3.63, 3.8) is 0 Å². The molecule has 6 nitrogen and oxygen atoms in total. The number of nitrogens with one attached hydrogen (secondary N) is 1. The Balaban J connectivity index is 1.79. The van der Waals surface area contributed by atoms with E-state index >= 15 is 0 Å². The van der Waals surface area contributed by atoms with Gasteiger partial charge in [0.1, 0.15) is 5.60 Å². The summed E-state index contributed by atoms with van der Waals surface area (Å²) in [6.07, 6.45) is 5.10. The van der Waals surface area contributed by atoms with Crippen LogP contribution in [0.15, 0.2) is 24.3 Å². The molecular weight excluding hydrogens is 402 g/mol. The van der Waals surface area contributed by atoms with E-state index in [2.05, 4.69) is 55.4 Å². The van der Waals surface area contributed by atoms with Crippen LogP contribution in [0.4, 0.5) is 10.5 Å². The number of benzene rings is 1. The monoisotopic (exact) mass is 447 g/mol. The first-order valence-electron chi connectivity index (χ1n) is 12.4. The fourth-order valence-corrected chi connectivity index (χ4v) is 4.30. The molecule has 2 rings (SSSR count). The van der Waals surface area contributed by atoms with Gasteiger partial charge in [0.2, 0.25) is 0 Å². The summed E-state index contributed by atoms with van der Waals surface area (Å²) in [6.45, 7) is 15.4. The highest BCUT2D eigenvalue weighted by molar-refractivity contribution is 5.68. The quantitative estimate of drug-likeness (QED) is 0.404. The van der Waals surface area contributed by atoms with E-state index in [0.717, 1.165) is 64.1 Å². The van der Waals surface area contributed by atoms with Crippen LogP contribution in [0, 0.1) is 5.92 Å². The molecule has 1 aliphatic rings. The van der Waals surface area contributed by atoms with E-state index in [4.69, 9.17) is 9.57 Å². The molecule has 182 valence electrons. The van der Waals surface area contributed by atoms with Gasteiger partial charge in [0, 0.05) is 19.6 Å². The molecule has 1 aromatic rings. The molecule has 0 aliphatic carbocycles. The van der Waals surface area contributed by atoms with Crippen molar-refractivity contribution in [2.75, 3.05) is 45.3 Å². The van der Waals surface area contributed by atoms with Gasteiger partial charge in [-0.1, -0.05) is 32.9 Å². The molecule has 1 amide bonds. The number of carbonyl (C=O) groups excluding carboxylic acids is 1. The number of anilines is 1. The minimum atomic E-state index is -0.386. The van der Waals surface area contributed by atoms with E-state index in [0.29, 0.717) is 11.8 Å². The van der Waals surface area contributed by atoms with Gasteiger partial charge in [-0.15, -0.1) is 0 Å². The maximum absolute atomic E-state index is 12.4. The van der Waals surface area contributed by atoms with E-state index in [9.17, 15) is 4.79 Å². The Bertz CT molecular complexity index is 669. The topological polar surface area (TPSA) is 54.0 Å². The van der Waals surface area contributed by atoms with Crippen molar-refractivity contribution in [1.29, 1.82) is 0 Å². The van der Waals surface area contributed by atoms with Gasteiger partial charge in [-0.2, -0.15) is 0 Å². The zero-order chi connectivity index (χ0) is 23.6. The summed E-state index contributed by atoms with van der Waals surface area (Å²) in [5, 5.41) is 0. The van der Waals surface area contributed by atoms with Crippen molar-refractivity contribution >= 4 is 11.8 Å². The van der Waals surface area contributed by atoms with Crippen LogP contribution in [0.25, 0.3) is 0 Å². The van der Waals surface area contributed by atoms with Crippen molar-refractivity contribution in [3.8, 4) is 0 Å². The highest BCUT2D eigenvalue weighted by Gasteiger charge is 2.28. The summed E-state index contributed by atoms with van der Waals surface area (Å²) in [5.41, 5.74) is 4.87. The standard InChI is InChI=1S/C26H45N3O3/c1-7-22(23-10-12-24(13-11-23)27-31-6)16-17-28(9-3)20-21-14-18-29(19-15-21)25(30)32-26(4,5)8-2/h10-13,21-22,27H,7-9,14-20H2,1-6H3. The third kappa shape index (κ3) is 8.28. The minimum absolute atomic E-state index is 0.153. The van der Waals surface area contributed by atoms with E-state index in [-0.39, 0.29) is 11.7 Å². The number of likely N-dealkylation sites (tertiary alicyclic amines) is 1. The van der Waals surface area contributed by atoms with Crippen LogP contribution in [-0.4, -0.2) is 61.3 Å². The van der Waals surface area contributed by atoms with Crippen LogP contribution in [-0.2, 0) is 9.57 Å². The fourth-order valence-electron chi connectivity index (χ4n) is 4.30. The number of hydrogen-bond acceptors (Lipinski definition) is 5. The summed E-state index contributed by atoms with van der Waals surface area (Å²) >= 11 is 0. The molecule has 1 saturated heterocycles. The molecule has 1 unspecified atom stereocenters. The molecule has 1 heterocycles. The van der Waals surface area contributed by atoms with Gasteiger partial charge in [0.05, 0.1) is 12.8 Å². The van der Waals surface area contributed by atoms with Gasteiger partial charge in [-0.25, -0.2) is 4.79 Å². The number of amides is 1. The third-order valence-corrected chi connectivity index (χ3v) is 6.94. The van der Waals surface area contributed by atoms with Crippen molar-refractivity contribution in [1.82, 2.24) is 9.80 Å². The molecule has 0 aromatic heterocycles. The maximum atomic E-state index is 12.4. The largest absolute Gasteiger partial charge is 0.443 e. The lowest BCUT2D eigenvalue weighted by Gasteiger charge is -2.36. The van der Waals surface area contributed by atoms with E-state index in [1.54, 1.807) is 7.11 Å². The lowest BCUT2D eigenvalue weighted by molar-refractivity contribution is 0.00465. The predicted molar refractivity (Wildman–Crippen MR) is 132 cm³/mol. The van der Waals surface area contributed by atoms with Crippen LogP contribution in [0.3, 0.4) is 0 Å². The SMILES string of the molecule is CCC(CCN(CC)CC1CCN(C(=O)OC(C)(C)CC)CC1)c1ccc(NOC)cc1. The zero-order valence-electron chi connectivity index (χ0n) is 21.2. The average Bonchev–Trinajstić information content (AvgIpc) is 2.80. The second kappa shape index (κ2) is 13.0. The first-order valence-corrected chi connectivity index (χ1v) is 12.4. The Hall–Kier alpha value is -1.79. The third-order valence-electron chi connectivity index (χ3n) is 6.94. The van der Waals surface area contributed by atoms with Gasteiger partial charge in [0.15, 0.2) is 0 Å². The Kier molecular flexibility index (Phi) is 10.8. The number of carbonyl (C=O) groups is 1. The molecule has 32 heavy (non-hydrogen) atoms. The smallest absolute Gasteiger partial charge is 0.410 e. The molecule has 1 aromatic carbocycles. The van der Waals surface area contributed by atoms with Gasteiger partial charge in [-0.05, 0) is 88.6 Å². The molecule has 1 aliphatic heterocycles. The highest BCUT2D eigenvalue weighted by atomic mass is 16.6. The number of piperidine rings is 1. The lowest BCUT2D eigenvalue weighted by Crippen LogP contribution is -2.44. The molecule has 0 spiro atoms. The molecule has 1 N–H and O–H groups in total. The zero-order valence-corrected chi connectivity index (χ0v) is 21.2. The van der Waals surface area contributed by atoms with Crippen LogP contribution >= 0.6 is 0 Å². The van der Waals surface area contributed by atoms with E-state index in [1.807, 2.05) is 18.7 Å². The van der Waals surface area contributed by atoms with Crippen molar-refractivity contribution in [2.24, 2.45) is 5.92 Å². The Morgan fingerprint density at radius 3 is 2.38 bits per heavy atom. The number of rotatable bonds is 12. The summed E-state index contributed by atoms with van der Waals surface area (Å²) in [4.78, 5) is 21.9. The van der Waals surface area contributed by atoms with E-state index in [1.165, 1.54) is 12.0 Å². The molecule has 6 heteroatoms. The van der Waals surface area contributed by atoms with Crippen molar-refractivity contribution in [3.05, 3.63) is 29.8 Å². The number of ether oxygens (including phenoxy) is 1. The summed E-state index contributed by atoms with van der Waals surface area (Å²) in [7, 11) is 1.63. The fraction of sp³-hybridized carbons (Fsp3) is 0.731. The van der Waals surface area contributed by atoms with Crippen LogP contribution in [0.5, 0.6) is 0 Å². The lowest BCUT2D eigenvalue weighted by atomic mass is 9.92. The second-order valence-corrected chi connectivity index (χ2v) is 9.63. The number of nitrogens with zero attached hydrogens (tertiary/aromatic N) is 2. The summed E-state index contributed by atoms with van der Waals surface area (Å²) in [6, 6.07) is 8.58. The molecular formula is C26H45N3O3. The molecule has 0 radical (unpaired) electrons. The molecule has 0 bridgehead atoms. The first kappa shape index (κ1) is 26.5. The maximum Gasteiger partial charge on any atom is 0.410 e. The number of hydrogen-bond donors (Lipinski definition) is 1. The Morgan fingerprint density at radius 2 is 1.84 bits per heavy atom. The van der Waals surface area contributed by atoms with E-state index < -0.39 is 0 Å². The van der Waals surface area contributed by atoms with Crippen molar-refractivity contribution < 1.29 is 14.4 Å². The normalized spacial score (nSPS) is 16.3. The highest BCUT2D eigenvalue weighted by Crippen LogP contribution is 2.26. The van der Waals surface area contributed by atoms with Gasteiger partial charge in [0.25, 0.3) is 0 Å². The van der Waals surface area contributed by atoms with Crippen molar-refractivity contribution in [2.45, 2.75) is 78.2 Å². The molecule has 1 fully saturated rings. The van der Waals surface area contributed by atoms with Gasteiger partial charge in [-0.3, -0.25) is 10.3 Å². The Morgan fingerprint density at radius 1 is 1.19 bits per heavy atom. The average molecular weight is 448 g/mol. The molecule has 1 atom stereocenters. The summed E-state index contributed by atoms with van der Waals surface area (Å²) < 4.78 is 5.67. The minimum Gasteiger partial charge on any atom is -0.443 e. The van der Waals surface area contributed by atoms with Gasteiger partial charge >= 0.3 is 6.09 Å². The predicted octanol–water partition coefficient (Wildman–Crippen LogP) is 5.90. The summed E-state index contributed by atoms with van der Waals surface area (Å²) in [5.74, 6) is 1.22. The Labute approximate surface area is 195 Å².